The highest BCUT2D eigenvalue weighted by Crippen LogP contribution is 2.40. The van der Waals surface area contributed by atoms with Crippen LogP contribution in [0.25, 0.3) is 0 Å². The summed E-state index contributed by atoms with van der Waals surface area (Å²) in [4.78, 5) is 0. The second-order valence-electron chi connectivity index (χ2n) is 7.04. The van der Waals surface area contributed by atoms with E-state index in [0.717, 1.165) is 25.7 Å². The van der Waals surface area contributed by atoms with Crippen LogP contribution in [-0.4, -0.2) is 32.9 Å². The Kier molecular flexibility index (Phi) is 5.41. The van der Waals surface area contributed by atoms with Gasteiger partial charge in [0.2, 0.25) is 0 Å². The number of rotatable bonds is 4. The van der Waals surface area contributed by atoms with Gasteiger partial charge in [-0.1, -0.05) is 20.8 Å². The topological polar surface area (TPSA) is 38.7 Å². The molecule has 1 N–H and O–H groups in total. The first-order valence-electron chi connectivity index (χ1n) is 7.06. The maximum atomic E-state index is 9.68. The number of ether oxygens (including phenoxy) is 1. The summed E-state index contributed by atoms with van der Waals surface area (Å²) >= 11 is 0. The van der Waals surface area contributed by atoms with Crippen LogP contribution < -0.4 is 0 Å². The number of hydrogen-bond acceptors (Lipinski definition) is 3. The van der Waals surface area contributed by atoms with Crippen LogP contribution in [-0.2, 0) is 9.16 Å². The molecule has 0 saturated heterocycles. The second kappa shape index (κ2) is 6.03. The van der Waals surface area contributed by atoms with Gasteiger partial charge in [-0.25, -0.2) is 0 Å². The summed E-state index contributed by atoms with van der Waals surface area (Å²) < 4.78 is 11.4. The minimum Gasteiger partial charge on any atom is -0.414 e. The Bertz CT molecular complexity index is 252. The van der Waals surface area contributed by atoms with Gasteiger partial charge >= 0.3 is 0 Å². The third-order valence-corrected chi connectivity index (χ3v) is 9.17. The molecule has 108 valence electrons. The highest BCUT2D eigenvalue weighted by molar-refractivity contribution is 6.74. The van der Waals surface area contributed by atoms with Crippen LogP contribution in [0.15, 0.2) is 0 Å². The Hall–Kier alpha value is 0.0969. The monoisotopic (exact) mass is 274 g/mol. The molecule has 0 heterocycles. The van der Waals surface area contributed by atoms with Gasteiger partial charge in [-0.2, -0.15) is 0 Å². The lowest BCUT2D eigenvalue weighted by Gasteiger charge is -2.41. The van der Waals surface area contributed by atoms with E-state index in [1.54, 1.807) is 7.11 Å². The van der Waals surface area contributed by atoms with E-state index in [0.29, 0.717) is 6.10 Å². The molecule has 1 fully saturated rings. The van der Waals surface area contributed by atoms with Crippen molar-refractivity contribution in [2.45, 2.75) is 77.0 Å². The highest BCUT2D eigenvalue weighted by atomic mass is 28.4. The van der Waals surface area contributed by atoms with E-state index in [9.17, 15) is 5.11 Å². The van der Waals surface area contributed by atoms with Gasteiger partial charge in [0.05, 0.1) is 0 Å². The first kappa shape index (κ1) is 16.2. The van der Waals surface area contributed by atoms with Crippen molar-refractivity contribution in [2.75, 3.05) is 7.11 Å². The van der Waals surface area contributed by atoms with Crippen molar-refractivity contribution in [3.05, 3.63) is 0 Å². The summed E-state index contributed by atoms with van der Waals surface area (Å²) in [5.74, 6) is 0.286. The maximum Gasteiger partial charge on any atom is 0.192 e. The molecule has 0 spiro atoms. The molecule has 0 radical (unpaired) electrons. The molecule has 0 bridgehead atoms. The molecule has 1 saturated carbocycles. The molecular formula is C14H30O3Si. The van der Waals surface area contributed by atoms with Crippen LogP contribution in [0, 0.1) is 5.92 Å². The minimum atomic E-state index is -1.64. The zero-order valence-corrected chi connectivity index (χ0v) is 13.8. The standard InChI is InChI=1S/C14H30O3Si/c1-14(2,3)18(5,6)17-12-9-7-11(8-10-12)13(15)16-4/h11-13,15H,7-10H2,1-6H3. The highest BCUT2D eigenvalue weighted by Gasteiger charge is 2.40. The molecule has 1 atom stereocenters. The first-order chi connectivity index (χ1) is 8.17. The molecule has 0 aromatic heterocycles. The quantitative estimate of drug-likeness (QED) is 0.629. The van der Waals surface area contributed by atoms with Gasteiger partial charge < -0.3 is 14.3 Å². The van der Waals surface area contributed by atoms with Crippen molar-refractivity contribution in [3.8, 4) is 0 Å². The lowest BCUT2D eigenvalue weighted by Crippen LogP contribution is -2.45. The van der Waals surface area contributed by atoms with Crippen molar-refractivity contribution >= 4 is 8.32 Å². The predicted octanol–water partition coefficient (Wildman–Crippen LogP) is 3.53. The summed E-state index contributed by atoms with van der Waals surface area (Å²) in [7, 11) is -0.0713. The third-order valence-electron chi connectivity index (χ3n) is 4.63. The lowest BCUT2D eigenvalue weighted by atomic mass is 9.87. The smallest absolute Gasteiger partial charge is 0.192 e. The molecule has 0 aromatic carbocycles. The van der Waals surface area contributed by atoms with Gasteiger partial charge in [0, 0.05) is 19.1 Å². The maximum absolute atomic E-state index is 9.68. The average Bonchev–Trinajstić information content (AvgIpc) is 2.27. The molecule has 4 heteroatoms. The van der Waals surface area contributed by atoms with Crippen LogP contribution in [0.5, 0.6) is 0 Å². The number of aliphatic hydroxyl groups excluding tert-OH is 1. The molecule has 1 aliphatic rings. The van der Waals surface area contributed by atoms with Crippen molar-refractivity contribution in [3.63, 3.8) is 0 Å². The summed E-state index contributed by atoms with van der Waals surface area (Å²) in [6, 6.07) is 0. The van der Waals surface area contributed by atoms with Gasteiger partial charge in [0.1, 0.15) is 0 Å². The van der Waals surface area contributed by atoms with Crippen LogP contribution >= 0.6 is 0 Å². The third kappa shape index (κ3) is 4.05. The Morgan fingerprint density at radius 2 is 1.61 bits per heavy atom. The Morgan fingerprint density at radius 1 is 1.11 bits per heavy atom. The van der Waals surface area contributed by atoms with Gasteiger partial charge in [-0.05, 0) is 43.8 Å². The van der Waals surface area contributed by atoms with E-state index in [4.69, 9.17) is 9.16 Å². The van der Waals surface area contributed by atoms with E-state index in [1.165, 1.54) is 0 Å². The molecule has 0 aromatic rings. The van der Waals surface area contributed by atoms with E-state index in [-0.39, 0.29) is 11.0 Å². The van der Waals surface area contributed by atoms with Gasteiger partial charge in [0.15, 0.2) is 14.6 Å². The first-order valence-corrected chi connectivity index (χ1v) is 9.97. The molecule has 18 heavy (non-hydrogen) atoms. The van der Waals surface area contributed by atoms with Crippen molar-refractivity contribution in [1.29, 1.82) is 0 Å². The molecule has 3 nitrogen and oxygen atoms in total. The van der Waals surface area contributed by atoms with Crippen molar-refractivity contribution in [2.24, 2.45) is 5.92 Å². The number of hydrogen-bond donors (Lipinski definition) is 1. The lowest BCUT2D eigenvalue weighted by molar-refractivity contribution is -0.125. The predicted molar refractivity (Wildman–Crippen MR) is 77.0 cm³/mol. The van der Waals surface area contributed by atoms with Crippen molar-refractivity contribution in [1.82, 2.24) is 0 Å². The molecule has 1 aliphatic carbocycles. The molecule has 1 rings (SSSR count). The van der Waals surface area contributed by atoms with Gasteiger partial charge in [-0.15, -0.1) is 0 Å². The molecule has 0 aliphatic heterocycles. The SMILES string of the molecule is COC(O)C1CCC(O[Si](C)(C)C(C)(C)C)CC1. The van der Waals surface area contributed by atoms with Crippen LogP contribution in [0.3, 0.4) is 0 Å². The second-order valence-corrected chi connectivity index (χ2v) is 11.8. The summed E-state index contributed by atoms with van der Waals surface area (Å²) in [6.07, 6.45) is 3.91. The van der Waals surface area contributed by atoms with E-state index < -0.39 is 14.6 Å². The fraction of sp³-hybridized carbons (Fsp3) is 1.00. The normalized spacial score (nSPS) is 28.2. The summed E-state index contributed by atoms with van der Waals surface area (Å²) in [5.41, 5.74) is 0. The van der Waals surface area contributed by atoms with Crippen LogP contribution in [0.2, 0.25) is 18.1 Å². The molecular weight excluding hydrogens is 244 g/mol. The summed E-state index contributed by atoms with van der Waals surface area (Å²) in [5, 5.41) is 9.95. The molecule has 1 unspecified atom stereocenters. The largest absolute Gasteiger partial charge is 0.414 e. The minimum absolute atomic E-state index is 0.274. The summed E-state index contributed by atoms with van der Waals surface area (Å²) in [6.45, 7) is 11.4. The van der Waals surface area contributed by atoms with Gasteiger partial charge in [0.25, 0.3) is 0 Å². The van der Waals surface area contributed by atoms with Gasteiger partial charge in [-0.3, -0.25) is 0 Å². The number of aliphatic hydroxyl groups is 1. The zero-order chi connectivity index (χ0) is 14.0. The fourth-order valence-electron chi connectivity index (χ4n) is 2.28. The van der Waals surface area contributed by atoms with E-state index >= 15 is 0 Å². The Morgan fingerprint density at radius 3 is 2.00 bits per heavy atom. The Balaban J connectivity index is 2.45. The van der Waals surface area contributed by atoms with Crippen LogP contribution in [0.4, 0.5) is 0 Å². The number of methoxy groups -OCH3 is 1. The van der Waals surface area contributed by atoms with Crippen molar-refractivity contribution < 1.29 is 14.3 Å². The van der Waals surface area contributed by atoms with E-state index in [2.05, 4.69) is 33.9 Å². The zero-order valence-electron chi connectivity index (χ0n) is 12.8. The molecule has 0 amide bonds. The average molecular weight is 274 g/mol. The van der Waals surface area contributed by atoms with Crippen LogP contribution in [0.1, 0.15) is 46.5 Å². The Labute approximate surface area is 113 Å². The van der Waals surface area contributed by atoms with E-state index in [1.807, 2.05) is 0 Å². The fourth-order valence-corrected chi connectivity index (χ4v) is 3.70.